The Kier molecular flexibility index (Phi) is 4.70. The van der Waals surface area contributed by atoms with Gasteiger partial charge in [-0.1, -0.05) is 29.1 Å². The van der Waals surface area contributed by atoms with Crippen molar-refractivity contribution < 1.29 is 9.18 Å². The number of carbonyl (C=O) groups excluding carboxylic acids is 1. The molecule has 4 rings (SSSR count). The topological polar surface area (TPSA) is 45.2 Å². The van der Waals surface area contributed by atoms with Crippen LogP contribution in [0.25, 0.3) is 10.2 Å². The van der Waals surface area contributed by atoms with E-state index in [0.29, 0.717) is 18.6 Å². The fraction of sp³-hybridized carbons (Fsp3) is 0.474. The van der Waals surface area contributed by atoms with E-state index in [9.17, 15) is 9.18 Å². The zero-order valence-electron chi connectivity index (χ0n) is 14.1. The lowest BCUT2D eigenvalue weighted by molar-refractivity contribution is -0.125. The summed E-state index contributed by atoms with van der Waals surface area (Å²) in [5.41, 5.74) is 1.91. The van der Waals surface area contributed by atoms with Crippen molar-refractivity contribution in [1.29, 1.82) is 0 Å². The van der Waals surface area contributed by atoms with Gasteiger partial charge in [0.2, 0.25) is 5.91 Å². The number of rotatable bonds is 5. The highest BCUT2D eigenvalue weighted by molar-refractivity contribution is 7.22. The maximum Gasteiger partial charge on any atom is 0.226 e. The average Bonchev–Trinajstić information content (AvgIpc) is 2.99. The fourth-order valence-corrected chi connectivity index (χ4v) is 4.46. The highest BCUT2D eigenvalue weighted by Crippen LogP contribution is 2.33. The summed E-state index contributed by atoms with van der Waals surface area (Å²) >= 11 is 1.48. The maximum atomic E-state index is 13.7. The van der Waals surface area contributed by atoms with Crippen LogP contribution < -0.4 is 10.2 Å². The van der Waals surface area contributed by atoms with Gasteiger partial charge in [-0.25, -0.2) is 9.37 Å². The molecule has 1 amide bonds. The van der Waals surface area contributed by atoms with Crippen molar-refractivity contribution in [3.05, 3.63) is 35.7 Å². The Morgan fingerprint density at radius 2 is 2.24 bits per heavy atom. The highest BCUT2D eigenvalue weighted by Gasteiger charge is 2.34. The molecule has 0 saturated carbocycles. The molecule has 1 fully saturated rings. The number of amides is 1. The number of anilines is 1. The van der Waals surface area contributed by atoms with Crippen molar-refractivity contribution in [3.8, 4) is 0 Å². The van der Waals surface area contributed by atoms with E-state index < -0.39 is 0 Å². The van der Waals surface area contributed by atoms with Gasteiger partial charge in [-0.05, 0) is 44.2 Å². The summed E-state index contributed by atoms with van der Waals surface area (Å²) in [6.45, 7) is 2.06. The summed E-state index contributed by atoms with van der Waals surface area (Å²) in [5.74, 6) is -0.149. The first-order valence-electron chi connectivity index (χ1n) is 8.96. The molecule has 0 spiro atoms. The van der Waals surface area contributed by atoms with Gasteiger partial charge in [0.1, 0.15) is 11.3 Å². The maximum absolute atomic E-state index is 13.7. The van der Waals surface area contributed by atoms with Gasteiger partial charge < -0.3 is 10.2 Å². The monoisotopic (exact) mass is 359 g/mol. The second kappa shape index (κ2) is 7.12. The van der Waals surface area contributed by atoms with E-state index in [-0.39, 0.29) is 17.6 Å². The zero-order chi connectivity index (χ0) is 17.2. The Hall–Kier alpha value is -1.95. The Labute approximate surface area is 150 Å². The van der Waals surface area contributed by atoms with E-state index in [4.69, 9.17) is 0 Å². The van der Waals surface area contributed by atoms with Gasteiger partial charge in [-0.3, -0.25) is 4.79 Å². The van der Waals surface area contributed by atoms with Gasteiger partial charge in [0.15, 0.2) is 5.13 Å². The molecule has 0 radical (unpaired) electrons. The second-order valence-electron chi connectivity index (χ2n) is 6.83. The first kappa shape index (κ1) is 16.5. The van der Waals surface area contributed by atoms with E-state index in [1.807, 2.05) is 6.07 Å². The molecule has 1 aromatic heterocycles. The standard InChI is InChI=1S/C19H22FN3OS/c20-15-7-4-8-16-17(15)22-19(25-16)23-11-14(12-23)18(24)21-10-9-13-5-2-1-3-6-13/h4-5,7-8,14H,1-3,6,9-12H2,(H,21,24). The normalized spacial score (nSPS) is 18.1. The summed E-state index contributed by atoms with van der Waals surface area (Å²) < 4.78 is 14.6. The molecule has 1 aliphatic heterocycles. The molecule has 1 saturated heterocycles. The lowest BCUT2D eigenvalue weighted by Crippen LogP contribution is -2.53. The highest BCUT2D eigenvalue weighted by atomic mass is 32.1. The summed E-state index contributed by atoms with van der Waals surface area (Å²) in [6, 6.07) is 5.01. The number of thiazole rings is 1. The molecular formula is C19H22FN3OS. The van der Waals surface area contributed by atoms with Crippen LogP contribution >= 0.6 is 11.3 Å². The molecule has 1 N–H and O–H groups in total. The van der Waals surface area contributed by atoms with Crippen LogP contribution in [-0.2, 0) is 4.79 Å². The fourth-order valence-electron chi connectivity index (χ4n) is 3.46. The number of halogens is 1. The third-order valence-corrected chi connectivity index (χ3v) is 6.09. The molecule has 0 unspecified atom stereocenters. The van der Waals surface area contributed by atoms with Crippen molar-refractivity contribution in [2.75, 3.05) is 24.5 Å². The minimum absolute atomic E-state index is 0.0113. The van der Waals surface area contributed by atoms with Gasteiger partial charge >= 0.3 is 0 Å². The quantitative estimate of drug-likeness (QED) is 0.824. The first-order chi connectivity index (χ1) is 12.2. The molecule has 132 valence electrons. The molecule has 1 aliphatic carbocycles. The van der Waals surface area contributed by atoms with Crippen LogP contribution in [0.3, 0.4) is 0 Å². The smallest absolute Gasteiger partial charge is 0.226 e. The summed E-state index contributed by atoms with van der Waals surface area (Å²) in [5, 5.41) is 3.86. The van der Waals surface area contributed by atoms with Crippen molar-refractivity contribution in [2.24, 2.45) is 5.92 Å². The van der Waals surface area contributed by atoms with E-state index in [0.717, 1.165) is 22.8 Å². The van der Waals surface area contributed by atoms with Gasteiger partial charge in [0.05, 0.1) is 10.6 Å². The average molecular weight is 359 g/mol. The number of nitrogens with zero attached hydrogens (tertiary/aromatic N) is 2. The zero-order valence-corrected chi connectivity index (χ0v) is 14.9. The van der Waals surface area contributed by atoms with Gasteiger partial charge in [0.25, 0.3) is 0 Å². The number of carbonyl (C=O) groups is 1. The predicted molar refractivity (Wildman–Crippen MR) is 99.5 cm³/mol. The Morgan fingerprint density at radius 1 is 1.36 bits per heavy atom. The predicted octanol–water partition coefficient (Wildman–Crippen LogP) is 3.88. The van der Waals surface area contributed by atoms with Crippen LogP contribution in [0.2, 0.25) is 0 Å². The number of allylic oxidation sites excluding steroid dienone is 1. The van der Waals surface area contributed by atoms with Crippen molar-refractivity contribution in [3.63, 3.8) is 0 Å². The Bertz CT molecular complexity index is 810. The number of fused-ring (bicyclic) bond motifs is 1. The van der Waals surface area contributed by atoms with Crippen LogP contribution in [0.5, 0.6) is 0 Å². The molecule has 2 aromatic rings. The summed E-state index contributed by atoms with van der Waals surface area (Å²) in [7, 11) is 0. The number of para-hydroxylation sites is 1. The van der Waals surface area contributed by atoms with E-state index in [1.165, 1.54) is 48.7 Å². The lowest BCUT2D eigenvalue weighted by Gasteiger charge is -2.38. The lowest BCUT2D eigenvalue weighted by atomic mass is 9.97. The number of aromatic nitrogens is 1. The van der Waals surface area contributed by atoms with E-state index in [1.54, 1.807) is 6.07 Å². The van der Waals surface area contributed by atoms with Crippen molar-refractivity contribution in [1.82, 2.24) is 10.3 Å². The van der Waals surface area contributed by atoms with Crippen molar-refractivity contribution >= 4 is 32.6 Å². The molecular weight excluding hydrogens is 337 g/mol. The van der Waals surface area contributed by atoms with Gasteiger partial charge in [-0.15, -0.1) is 0 Å². The molecule has 0 atom stereocenters. The first-order valence-corrected chi connectivity index (χ1v) is 9.78. The third-order valence-electron chi connectivity index (χ3n) is 5.01. The van der Waals surface area contributed by atoms with Crippen LogP contribution in [0, 0.1) is 11.7 Å². The number of hydrogen-bond acceptors (Lipinski definition) is 4. The van der Waals surface area contributed by atoms with Gasteiger partial charge in [0, 0.05) is 19.6 Å². The van der Waals surface area contributed by atoms with Crippen LogP contribution in [0.4, 0.5) is 9.52 Å². The summed E-state index contributed by atoms with van der Waals surface area (Å²) in [4.78, 5) is 18.7. The van der Waals surface area contributed by atoms with E-state index >= 15 is 0 Å². The number of nitrogens with one attached hydrogen (secondary N) is 1. The molecule has 2 heterocycles. The van der Waals surface area contributed by atoms with Crippen LogP contribution in [0.1, 0.15) is 32.1 Å². The largest absolute Gasteiger partial charge is 0.355 e. The Balaban J connectivity index is 1.27. The van der Waals surface area contributed by atoms with Gasteiger partial charge in [-0.2, -0.15) is 0 Å². The molecule has 25 heavy (non-hydrogen) atoms. The molecule has 0 bridgehead atoms. The second-order valence-corrected chi connectivity index (χ2v) is 7.84. The van der Waals surface area contributed by atoms with E-state index in [2.05, 4.69) is 21.3 Å². The molecule has 6 heteroatoms. The number of benzene rings is 1. The molecule has 1 aromatic carbocycles. The minimum Gasteiger partial charge on any atom is -0.355 e. The van der Waals surface area contributed by atoms with Crippen LogP contribution in [-0.4, -0.2) is 30.5 Å². The minimum atomic E-state index is -0.285. The Morgan fingerprint density at radius 3 is 3.00 bits per heavy atom. The number of hydrogen-bond donors (Lipinski definition) is 1. The van der Waals surface area contributed by atoms with Crippen LogP contribution in [0.15, 0.2) is 29.8 Å². The third kappa shape index (κ3) is 3.54. The van der Waals surface area contributed by atoms with Crippen molar-refractivity contribution in [2.45, 2.75) is 32.1 Å². The SMILES string of the molecule is O=C(NCCC1=CCCCC1)C1CN(c2nc3c(F)cccc3s2)C1. The molecule has 4 nitrogen and oxygen atoms in total. The summed E-state index contributed by atoms with van der Waals surface area (Å²) in [6.07, 6.45) is 8.24. The molecule has 2 aliphatic rings.